The lowest BCUT2D eigenvalue weighted by molar-refractivity contribution is -0.142. The molecule has 0 aliphatic carbocycles. The highest BCUT2D eigenvalue weighted by Crippen LogP contribution is 2.17. The Morgan fingerprint density at radius 2 is 1.85 bits per heavy atom. The number of nitrogens with one attached hydrogen (secondary N) is 1. The molecule has 0 spiro atoms. The van der Waals surface area contributed by atoms with E-state index in [1.165, 1.54) is 36.2 Å². The monoisotopic (exact) mass is 374 g/mol. The molecule has 2 aromatic rings. The van der Waals surface area contributed by atoms with E-state index in [9.17, 15) is 14.0 Å². The molecule has 1 atom stereocenters. The zero-order valence-corrected chi connectivity index (χ0v) is 15.6. The number of methoxy groups -OCH3 is 1. The van der Waals surface area contributed by atoms with Crippen LogP contribution in [-0.2, 0) is 16.1 Å². The van der Waals surface area contributed by atoms with E-state index in [0.717, 1.165) is 5.56 Å². The van der Waals surface area contributed by atoms with Gasteiger partial charge in [-0.2, -0.15) is 0 Å². The molecule has 2 rings (SSSR count). The number of rotatable bonds is 8. The predicted molar refractivity (Wildman–Crippen MR) is 99.0 cm³/mol. The first-order valence-corrected chi connectivity index (χ1v) is 8.47. The fourth-order valence-electron chi connectivity index (χ4n) is 2.52. The Bertz CT molecular complexity index is 780. The summed E-state index contributed by atoms with van der Waals surface area (Å²) in [5.41, 5.74) is 0.820. The number of amides is 2. The number of nitrogens with zero attached hydrogens (tertiary/aromatic N) is 1. The molecule has 0 aliphatic rings. The topological polar surface area (TPSA) is 67.9 Å². The molecule has 144 valence electrons. The maximum Gasteiger partial charge on any atom is 0.261 e. The van der Waals surface area contributed by atoms with E-state index >= 15 is 0 Å². The lowest BCUT2D eigenvalue weighted by atomic mass is 10.1. The third-order valence-corrected chi connectivity index (χ3v) is 4.08. The van der Waals surface area contributed by atoms with Gasteiger partial charge in [0.15, 0.2) is 6.61 Å². The largest absolute Gasteiger partial charge is 0.497 e. The Hall–Kier alpha value is -3.09. The van der Waals surface area contributed by atoms with Crippen molar-refractivity contribution in [2.24, 2.45) is 0 Å². The summed E-state index contributed by atoms with van der Waals surface area (Å²) in [6.07, 6.45) is 0. The van der Waals surface area contributed by atoms with Gasteiger partial charge in [-0.15, -0.1) is 0 Å². The number of benzene rings is 2. The molecule has 0 bridgehead atoms. The quantitative estimate of drug-likeness (QED) is 0.770. The van der Waals surface area contributed by atoms with Gasteiger partial charge in [-0.25, -0.2) is 4.39 Å². The standard InChI is InChI=1S/C20H23FN2O4/c1-14(20(25)22-2)23(12-15-5-4-6-18(11-15)26-3)19(24)13-27-17-9-7-16(21)8-10-17/h4-11,14H,12-13H2,1-3H3,(H,22,25)/t14-/m0/s1. The van der Waals surface area contributed by atoms with Crippen LogP contribution in [0.15, 0.2) is 48.5 Å². The van der Waals surface area contributed by atoms with E-state index < -0.39 is 6.04 Å². The van der Waals surface area contributed by atoms with Gasteiger partial charge in [0, 0.05) is 13.6 Å². The first kappa shape index (κ1) is 20.2. The SMILES string of the molecule is CNC(=O)[C@H](C)N(Cc1cccc(OC)c1)C(=O)COc1ccc(F)cc1. The Kier molecular flexibility index (Phi) is 7.16. The normalized spacial score (nSPS) is 11.4. The van der Waals surface area contributed by atoms with Crippen LogP contribution in [-0.4, -0.2) is 43.5 Å². The molecule has 0 aromatic heterocycles. The smallest absolute Gasteiger partial charge is 0.261 e. The number of carbonyl (C=O) groups is 2. The minimum absolute atomic E-state index is 0.220. The van der Waals surface area contributed by atoms with Gasteiger partial charge in [0.2, 0.25) is 5.91 Å². The Labute approximate surface area is 157 Å². The van der Waals surface area contributed by atoms with Crippen LogP contribution >= 0.6 is 0 Å². The van der Waals surface area contributed by atoms with E-state index in [1.54, 1.807) is 26.2 Å². The van der Waals surface area contributed by atoms with Gasteiger partial charge < -0.3 is 19.7 Å². The third kappa shape index (κ3) is 5.70. The highest BCUT2D eigenvalue weighted by atomic mass is 19.1. The molecule has 2 amide bonds. The van der Waals surface area contributed by atoms with Gasteiger partial charge in [-0.05, 0) is 48.9 Å². The maximum absolute atomic E-state index is 13.0. The predicted octanol–water partition coefficient (Wildman–Crippen LogP) is 2.38. The van der Waals surface area contributed by atoms with E-state index in [2.05, 4.69) is 5.32 Å². The first-order chi connectivity index (χ1) is 12.9. The second-order valence-electron chi connectivity index (χ2n) is 5.91. The van der Waals surface area contributed by atoms with Crippen molar-refractivity contribution in [3.8, 4) is 11.5 Å². The van der Waals surface area contributed by atoms with Crippen LogP contribution in [0.4, 0.5) is 4.39 Å². The molecule has 0 fully saturated rings. The average molecular weight is 374 g/mol. The molecule has 0 unspecified atom stereocenters. The lowest BCUT2D eigenvalue weighted by Gasteiger charge is -2.28. The molecule has 0 radical (unpaired) electrons. The number of carbonyl (C=O) groups excluding carboxylic acids is 2. The molecule has 0 aliphatic heterocycles. The first-order valence-electron chi connectivity index (χ1n) is 8.47. The Balaban J connectivity index is 2.13. The number of likely N-dealkylation sites (N-methyl/N-ethyl adjacent to an activating group) is 1. The Morgan fingerprint density at radius 3 is 2.48 bits per heavy atom. The number of hydrogen-bond acceptors (Lipinski definition) is 4. The van der Waals surface area contributed by atoms with E-state index in [4.69, 9.17) is 9.47 Å². The van der Waals surface area contributed by atoms with Crippen LogP contribution in [0.3, 0.4) is 0 Å². The van der Waals surface area contributed by atoms with Crippen molar-refractivity contribution >= 4 is 11.8 Å². The second kappa shape index (κ2) is 9.56. The van der Waals surface area contributed by atoms with Crippen molar-refractivity contribution < 1.29 is 23.5 Å². The second-order valence-corrected chi connectivity index (χ2v) is 5.91. The molecule has 27 heavy (non-hydrogen) atoms. The molecule has 6 nitrogen and oxygen atoms in total. The molecule has 0 saturated heterocycles. The van der Waals surface area contributed by atoms with Crippen molar-refractivity contribution in [1.29, 1.82) is 0 Å². The van der Waals surface area contributed by atoms with Gasteiger partial charge in [0.05, 0.1) is 7.11 Å². The summed E-state index contributed by atoms with van der Waals surface area (Å²) in [7, 11) is 3.08. The maximum atomic E-state index is 13.0. The summed E-state index contributed by atoms with van der Waals surface area (Å²) in [5.74, 6) is 0.00146. The van der Waals surface area contributed by atoms with Crippen LogP contribution in [0.1, 0.15) is 12.5 Å². The molecular weight excluding hydrogens is 351 g/mol. The summed E-state index contributed by atoms with van der Waals surface area (Å²) in [4.78, 5) is 26.2. The van der Waals surface area contributed by atoms with Gasteiger partial charge in [0.25, 0.3) is 5.91 Å². The van der Waals surface area contributed by atoms with Gasteiger partial charge >= 0.3 is 0 Å². The summed E-state index contributed by atoms with van der Waals surface area (Å²) in [5, 5.41) is 2.55. The van der Waals surface area contributed by atoms with Crippen molar-refractivity contribution in [1.82, 2.24) is 10.2 Å². The summed E-state index contributed by atoms with van der Waals surface area (Å²) in [6, 6.07) is 12.0. The lowest BCUT2D eigenvalue weighted by Crippen LogP contribution is -2.48. The highest BCUT2D eigenvalue weighted by Gasteiger charge is 2.26. The Morgan fingerprint density at radius 1 is 1.15 bits per heavy atom. The number of halogens is 1. The van der Waals surface area contributed by atoms with Crippen LogP contribution in [0.5, 0.6) is 11.5 Å². The van der Waals surface area contributed by atoms with Crippen LogP contribution in [0, 0.1) is 5.82 Å². The van der Waals surface area contributed by atoms with Crippen LogP contribution < -0.4 is 14.8 Å². The van der Waals surface area contributed by atoms with E-state index in [-0.39, 0.29) is 30.8 Å². The number of hydrogen-bond donors (Lipinski definition) is 1. The molecular formula is C20H23FN2O4. The summed E-state index contributed by atoms with van der Waals surface area (Å²) < 4.78 is 23.6. The molecule has 0 saturated carbocycles. The molecule has 1 N–H and O–H groups in total. The van der Waals surface area contributed by atoms with E-state index in [1.807, 2.05) is 12.1 Å². The molecule has 7 heteroatoms. The van der Waals surface area contributed by atoms with E-state index in [0.29, 0.717) is 11.5 Å². The zero-order valence-electron chi connectivity index (χ0n) is 15.6. The fourth-order valence-corrected chi connectivity index (χ4v) is 2.52. The summed E-state index contributed by atoms with van der Waals surface area (Å²) in [6.45, 7) is 1.60. The average Bonchev–Trinajstić information content (AvgIpc) is 2.70. The van der Waals surface area contributed by atoms with Crippen LogP contribution in [0.25, 0.3) is 0 Å². The van der Waals surface area contributed by atoms with Crippen molar-refractivity contribution in [2.45, 2.75) is 19.5 Å². The fraction of sp³-hybridized carbons (Fsp3) is 0.300. The minimum atomic E-state index is -0.689. The molecule has 0 heterocycles. The minimum Gasteiger partial charge on any atom is -0.497 e. The summed E-state index contributed by atoms with van der Waals surface area (Å²) >= 11 is 0. The van der Waals surface area contributed by atoms with Crippen LogP contribution in [0.2, 0.25) is 0 Å². The van der Waals surface area contributed by atoms with Crippen molar-refractivity contribution in [3.05, 3.63) is 59.9 Å². The highest BCUT2D eigenvalue weighted by molar-refractivity contribution is 5.87. The molecule has 2 aromatic carbocycles. The zero-order chi connectivity index (χ0) is 19.8. The van der Waals surface area contributed by atoms with Gasteiger partial charge in [0.1, 0.15) is 23.4 Å². The van der Waals surface area contributed by atoms with Crippen molar-refractivity contribution in [3.63, 3.8) is 0 Å². The third-order valence-electron chi connectivity index (χ3n) is 4.08. The number of ether oxygens (including phenoxy) is 2. The van der Waals surface area contributed by atoms with Crippen molar-refractivity contribution in [2.75, 3.05) is 20.8 Å². The van der Waals surface area contributed by atoms with Gasteiger partial charge in [-0.3, -0.25) is 9.59 Å². The van der Waals surface area contributed by atoms with Gasteiger partial charge in [-0.1, -0.05) is 12.1 Å².